The number of hydrogen-bond acceptors (Lipinski definition) is 4. The summed E-state index contributed by atoms with van der Waals surface area (Å²) in [7, 11) is 0. The van der Waals surface area contributed by atoms with E-state index in [2.05, 4.69) is 31.9 Å². The number of halogens is 3. The highest BCUT2D eigenvalue weighted by atomic mass is 79.9. The first-order valence-corrected chi connectivity index (χ1v) is 12.1. The molecule has 6 nitrogen and oxygen atoms in total. The molecular weight excluding hydrogens is 576 g/mol. The third kappa shape index (κ3) is 2.39. The maximum Gasteiger partial charge on any atom is 0.294 e. The minimum atomic E-state index is -0.955. The summed E-state index contributed by atoms with van der Waals surface area (Å²) in [5.74, 6) is -2.57. The fraction of sp³-hybridized carbons (Fsp3) is 0.167. The van der Waals surface area contributed by atoms with Crippen molar-refractivity contribution >= 4 is 66.6 Å². The van der Waals surface area contributed by atoms with E-state index < -0.39 is 42.9 Å². The monoisotopic (exact) mass is 586 g/mol. The first-order chi connectivity index (χ1) is 15.7. The van der Waals surface area contributed by atoms with Gasteiger partial charge in [0.2, 0.25) is 11.8 Å². The Morgan fingerprint density at radius 3 is 1.64 bits per heavy atom. The molecule has 3 aromatic rings. The summed E-state index contributed by atoms with van der Waals surface area (Å²) in [6.07, 6.45) is 0. The van der Waals surface area contributed by atoms with Crippen LogP contribution < -0.4 is 4.90 Å². The quantitative estimate of drug-likeness (QED) is 0.168. The molecule has 0 radical (unpaired) electrons. The fourth-order valence-electron chi connectivity index (χ4n) is 5.74. The molecule has 0 unspecified atom stereocenters. The van der Waals surface area contributed by atoms with Gasteiger partial charge in [-0.1, -0.05) is 92.0 Å². The van der Waals surface area contributed by atoms with Gasteiger partial charge in [0.1, 0.15) is 5.69 Å². The average molecular weight is 589 g/mol. The summed E-state index contributed by atoms with van der Waals surface area (Å²) in [5.41, 5.74) is 3.13. The van der Waals surface area contributed by atoms with Gasteiger partial charge in [-0.25, -0.2) is 4.90 Å². The number of benzene rings is 3. The molecule has 2 bridgehead atoms. The Kier molecular flexibility index (Phi) is 4.29. The van der Waals surface area contributed by atoms with Crippen molar-refractivity contribution in [2.45, 2.75) is 8.65 Å². The SMILES string of the molecule is O=C1[C@@H]2[C@@H](C(=O)N1c1ccc(Cl)cc1[N+](=O)[O-])C1(Br)c3ccccc3C2(Br)c2ccccc21. The summed E-state index contributed by atoms with van der Waals surface area (Å²) < 4.78 is -1.91. The van der Waals surface area contributed by atoms with Crippen LogP contribution in [-0.4, -0.2) is 16.7 Å². The van der Waals surface area contributed by atoms with E-state index in [1.165, 1.54) is 12.1 Å². The van der Waals surface area contributed by atoms with Gasteiger partial charge in [0.05, 0.1) is 25.4 Å². The van der Waals surface area contributed by atoms with E-state index in [4.69, 9.17) is 11.6 Å². The molecule has 7 rings (SSSR count). The third-order valence-corrected chi connectivity index (χ3v) is 9.89. The van der Waals surface area contributed by atoms with Crippen molar-refractivity contribution in [1.29, 1.82) is 0 Å². The molecule has 4 aliphatic rings. The van der Waals surface area contributed by atoms with Crippen LogP contribution in [0.15, 0.2) is 66.7 Å². The number of nitro benzene ring substituents is 1. The van der Waals surface area contributed by atoms with Crippen LogP contribution in [-0.2, 0) is 18.2 Å². The van der Waals surface area contributed by atoms with Gasteiger partial charge in [0.15, 0.2) is 0 Å². The molecule has 33 heavy (non-hydrogen) atoms. The normalized spacial score (nSPS) is 29.0. The van der Waals surface area contributed by atoms with E-state index in [9.17, 15) is 19.7 Å². The zero-order valence-electron chi connectivity index (χ0n) is 16.7. The van der Waals surface area contributed by atoms with Crippen molar-refractivity contribution in [2.24, 2.45) is 11.8 Å². The molecule has 164 valence electrons. The standard InChI is InChI=1S/C24H13Br2ClN2O4/c25-23-13-5-1-2-6-14(13)24(26,16-8-4-3-7-15(16)23)20-19(23)21(30)28(22(20)31)17-10-9-12(27)11-18(17)29(32)33/h1-11,19-20H/t19-,20-,23?,24?/m0/s1. The second kappa shape index (κ2) is 6.74. The van der Waals surface area contributed by atoms with E-state index in [0.29, 0.717) is 0 Å². The number of nitro groups is 1. The predicted octanol–water partition coefficient (Wildman–Crippen LogP) is 5.66. The van der Waals surface area contributed by atoms with E-state index >= 15 is 0 Å². The minimum Gasteiger partial charge on any atom is -0.274 e. The van der Waals surface area contributed by atoms with Crippen LogP contribution in [0, 0.1) is 22.0 Å². The lowest BCUT2D eigenvalue weighted by atomic mass is 9.54. The summed E-state index contributed by atoms with van der Waals surface area (Å²) >= 11 is 13.8. The molecule has 9 heteroatoms. The molecular formula is C24H13Br2ClN2O4. The molecule has 1 heterocycles. The van der Waals surface area contributed by atoms with Crippen molar-refractivity contribution in [3.05, 3.63) is 104 Å². The van der Waals surface area contributed by atoms with Crippen molar-refractivity contribution in [1.82, 2.24) is 0 Å². The van der Waals surface area contributed by atoms with Gasteiger partial charge in [-0.15, -0.1) is 0 Å². The highest BCUT2D eigenvalue weighted by Crippen LogP contribution is 2.71. The molecule has 2 atom stereocenters. The highest BCUT2D eigenvalue weighted by Gasteiger charge is 2.72. The number of rotatable bonds is 2. The topological polar surface area (TPSA) is 80.5 Å². The molecule has 2 amide bonds. The van der Waals surface area contributed by atoms with Crippen molar-refractivity contribution in [2.75, 3.05) is 4.90 Å². The Labute approximate surface area is 209 Å². The van der Waals surface area contributed by atoms with E-state index in [1.807, 2.05) is 48.5 Å². The van der Waals surface area contributed by atoms with Crippen molar-refractivity contribution in [3.63, 3.8) is 0 Å². The number of anilines is 1. The van der Waals surface area contributed by atoms with Gasteiger partial charge in [-0.2, -0.15) is 0 Å². The van der Waals surface area contributed by atoms with Gasteiger partial charge in [0, 0.05) is 11.1 Å². The maximum atomic E-state index is 14.0. The fourth-order valence-corrected chi connectivity index (χ4v) is 8.21. The van der Waals surface area contributed by atoms with Crippen LogP contribution in [0.1, 0.15) is 22.3 Å². The Balaban J connectivity index is 1.65. The van der Waals surface area contributed by atoms with Crippen molar-refractivity contribution < 1.29 is 14.5 Å². The highest BCUT2D eigenvalue weighted by molar-refractivity contribution is 9.10. The summed E-state index contributed by atoms with van der Waals surface area (Å²) in [5, 5.41) is 11.9. The van der Waals surface area contributed by atoms with Crippen LogP contribution in [0.3, 0.4) is 0 Å². The lowest BCUT2D eigenvalue weighted by Gasteiger charge is -2.55. The third-order valence-electron chi connectivity index (χ3n) is 6.96. The van der Waals surface area contributed by atoms with Gasteiger partial charge in [0.25, 0.3) is 5.69 Å². The molecule has 0 spiro atoms. The second-order valence-corrected chi connectivity index (χ2v) is 11.3. The molecule has 0 N–H and O–H groups in total. The molecule has 0 saturated carbocycles. The summed E-state index contributed by atoms with van der Waals surface area (Å²) in [4.78, 5) is 40.0. The Bertz CT molecular complexity index is 1300. The van der Waals surface area contributed by atoms with Crippen LogP contribution in [0.2, 0.25) is 5.02 Å². The number of hydrogen-bond donors (Lipinski definition) is 0. The Morgan fingerprint density at radius 2 is 1.24 bits per heavy atom. The number of alkyl halides is 2. The molecule has 1 fully saturated rings. The van der Waals surface area contributed by atoms with Gasteiger partial charge in [-0.05, 0) is 34.4 Å². The van der Waals surface area contributed by atoms with Crippen LogP contribution in [0.25, 0.3) is 0 Å². The largest absolute Gasteiger partial charge is 0.294 e. The molecule has 1 saturated heterocycles. The van der Waals surface area contributed by atoms with Gasteiger partial charge < -0.3 is 0 Å². The van der Waals surface area contributed by atoms with E-state index in [0.717, 1.165) is 33.2 Å². The summed E-state index contributed by atoms with van der Waals surface area (Å²) in [6.45, 7) is 0. The van der Waals surface area contributed by atoms with Crippen LogP contribution >= 0.6 is 43.5 Å². The Morgan fingerprint density at radius 1 is 0.818 bits per heavy atom. The number of carbonyl (C=O) groups excluding carboxylic acids is 2. The molecule has 1 aliphatic heterocycles. The lowest BCUT2D eigenvalue weighted by molar-refractivity contribution is -0.384. The number of nitrogens with zero attached hydrogens (tertiary/aromatic N) is 2. The first-order valence-electron chi connectivity index (χ1n) is 10.1. The molecule has 3 aromatic carbocycles. The van der Waals surface area contributed by atoms with Gasteiger partial charge >= 0.3 is 0 Å². The van der Waals surface area contributed by atoms with E-state index in [1.54, 1.807) is 0 Å². The molecule has 0 aromatic heterocycles. The van der Waals surface area contributed by atoms with Gasteiger partial charge in [-0.3, -0.25) is 19.7 Å². The zero-order valence-corrected chi connectivity index (χ0v) is 20.6. The Hall–Kier alpha value is -2.55. The number of carbonyl (C=O) groups is 2. The molecule has 3 aliphatic carbocycles. The number of imide groups is 1. The minimum absolute atomic E-state index is 0.0755. The number of amides is 2. The van der Waals surface area contributed by atoms with Crippen LogP contribution in [0.5, 0.6) is 0 Å². The summed E-state index contributed by atoms with van der Waals surface area (Å²) in [6, 6.07) is 19.4. The predicted molar refractivity (Wildman–Crippen MR) is 130 cm³/mol. The first kappa shape index (κ1) is 21.0. The van der Waals surface area contributed by atoms with E-state index in [-0.39, 0.29) is 10.7 Å². The average Bonchev–Trinajstić information content (AvgIpc) is 3.08. The maximum absolute atomic E-state index is 14.0. The van der Waals surface area contributed by atoms with Crippen molar-refractivity contribution in [3.8, 4) is 0 Å². The smallest absolute Gasteiger partial charge is 0.274 e. The lowest BCUT2D eigenvalue weighted by Crippen LogP contribution is -2.56. The zero-order chi connectivity index (χ0) is 23.3. The van der Waals surface area contributed by atoms with Crippen LogP contribution in [0.4, 0.5) is 11.4 Å². The second-order valence-electron chi connectivity index (χ2n) is 8.37.